The summed E-state index contributed by atoms with van der Waals surface area (Å²) in [5.74, 6) is -0.565. The first-order valence-electron chi connectivity index (χ1n) is 11.1. The summed E-state index contributed by atoms with van der Waals surface area (Å²) in [4.78, 5) is 30.9. The summed E-state index contributed by atoms with van der Waals surface area (Å²) in [7, 11) is 3.01. The molecule has 1 saturated heterocycles. The zero-order valence-electron chi connectivity index (χ0n) is 19.7. The van der Waals surface area contributed by atoms with Crippen LogP contribution in [0.25, 0.3) is 5.76 Å². The van der Waals surface area contributed by atoms with Crippen LogP contribution in [0.3, 0.4) is 0 Å². The Morgan fingerprint density at radius 1 is 1.03 bits per heavy atom. The van der Waals surface area contributed by atoms with Crippen molar-refractivity contribution in [3.8, 4) is 17.2 Å². The van der Waals surface area contributed by atoms with E-state index in [2.05, 4.69) is 4.98 Å². The number of aromatic amines is 1. The summed E-state index contributed by atoms with van der Waals surface area (Å²) in [5, 5.41) is 13.7. The van der Waals surface area contributed by atoms with Crippen LogP contribution in [0.15, 0.2) is 72.6 Å². The van der Waals surface area contributed by atoms with Crippen LogP contribution in [0, 0.1) is 0 Å². The van der Waals surface area contributed by atoms with Gasteiger partial charge >= 0.3 is 0 Å². The number of carbonyl (C=O) groups excluding carboxylic acids is 2. The normalized spacial score (nSPS) is 16.9. The predicted molar refractivity (Wildman–Crippen MR) is 125 cm³/mol. The van der Waals surface area contributed by atoms with Crippen LogP contribution in [0.5, 0.6) is 17.2 Å². The number of amides is 1. The molecule has 0 bridgehead atoms. The first-order chi connectivity index (χ1) is 17.0. The van der Waals surface area contributed by atoms with E-state index in [1.807, 2.05) is 13.0 Å². The fourth-order valence-electron chi connectivity index (χ4n) is 4.16. The van der Waals surface area contributed by atoms with Gasteiger partial charge in [0.25, 0.3) is 5.91 Å². The number of carbonyl (C=O) groups is 2. The van der Waals surface area contributed by atoms with Gasteiger partial charge in [0, 0.05) is 22.8 Å². The Kier molecular flexibility index (Phi) is 7.01. The minimum Gasteiger partial charge on any atom is -0.872 e. The zero-order chi connectivity index (χ0) is 24.9. The monoisotopic (exact) mass is 474 g/mol. The number of hydrogen-bond acceptors (Lipinski definition) is 6. The van der Waals surface area contributed by atoms with E-state index in [1.54, 1.807) is 60.9 Å². The van der Waals surface area contributed by atoms with E-state index in [0.717, 1.165) is 5.56 Å². The summed E-state index contributed by atoms with van der Waals surface area (Å²) in [6, 6.07) is 14.3. The second kappa shape index (κ2) is 10.3. The van der Waals surface area contributed by atoms with Gasteiger partial charge in [0.05, 0.1) is 33.4 Å². The van der Waals surface area contributed by atoms with E-state index in [0.29, 0.717) is 29.4 Å². The average Bonchev–Trinajstić information content (AvgIpc) is 3.14. The number of ether oxygens (including phenoxy) is 3. The number of pyridine rings is 1. The highest BCUT2D eigenvalue weighted by atomic mass is 16.5. The highest BCUT2D eigenvalue weighted by Gasteiger charge is 2.45. The van der Waals surface area contributed by atoms with Crippen LogP contribution in [0.2, 0.25) is 0 Å². The van der Waals surface area contributed by atoms with Crippen molar-refractivity contribution in [2.75, 3.05) is 20.8 Å². The maximum atomic E-state index is 13.7. The number of H-pyrrole nitrogens is 1. The Hall–Kier alpha value is -4.33. The third kappa shape index (κ3) is 4.68. The number of Topliss-reactive ketones (excluding diaryl/α,β-unsaturated/α-hetero) is 1. The van der Waals surface area contributed by atoms with Gasteiger partial charge in [-0.3, -0.25) is 9.59 Å². The molecule has 1 aliphatic rings. The molecule has 1 fully saturated rings. The molecule has 1 N–H and O–H groups in total. The maximum Gasteiger partial charge on any atom is 0.295 e. The molecule has 0 spiro atoms. The Labute approximate surface area is 203 Å². The van der Waals surface area contributed by atoms with E-state index >= 15 is 0 Å². The van der Waals surface area contributed by atoms with Gasteiger partial charge in [-0.25, -0.2) is 4.98 Å². The van der Waals surface area contributed by atoms with Crippen LogP contribution < -0.4 is 24.3 Å². The lowest BCUT2D eigenvalue weighted by Crippen LogP contribution is -2.30. The highest BCUT2D eigenvalue weighted by molar-refractivity contribution is 6.46. The van der Waals surface area contributed by atoms with E-state index < -0.39 is 23.5 Å². The summed E-state index contributed by atoms with van der Waals surface area (Å²) in [5.41, 5.74) is 1.41. The summed E-state index contributed by atoms with van der Waals surface area (Å²) in [6.45, 7) is 2.47. The largest absolute Gasteiger partial charge is 0.872 e. The molecule has 8 heteroatoms. The van der Waals surface area contributed by atoms with Crippen LogP contribution in [0.4, 0.5) is 0 Å². The highest BCUT2D eigenvalue weighted by Crippen LogP contribution is 2.44. The lowest BCUT2D eigenvalue weighted by atomic mass is 9.94. The van der Waals surface area contributed by atoms with Crippen LogP contribution >= 0.6 is 0 Å². The van der Waals surface area contributed by atoms with E-state index in [1.165, 1.54) is 19.1 Å². The fraction of sp³-hybridized carbons (Fsp3) is 0.222. The lowest BCUT2D eigenvalue weighted by molar-refractivity contribution is -0.378. The van der Waals surface area contributed by atoms with Crippen LogP contribution in [-0.4, -0.2) is 37.4 Å². The molecule has 180 valence electrons. The minimum absolute atomic E-state index is 0.118. The summed E-state index contributed by atoms with van der Waals surface area (Å²) < 4.78 is 16.4. The van der Waals surface area contributed by atoms with E-state index in [4.69, 9.17) is 14.2 Å². The third-order valence-electron chi connectivity index (χ3n) is 5.81. The van der Waals surface area contributed by atoms with Crippen molar-refractivity contribution in [2.24, 2.45) is 0 Å². The number of nitrogens with one attached hydrogen (secondary N) is 1. The summed E-state index contributed by atoms with van der Waals surface area (Å²) in [6.07, 6.45) is 3.49. The number of nitrogens with zero attached hydrogens (tertiary/aromatic N) is 1. The van der Waals surface area contributed by atoms with Crippen LogP contribution in [0.1, 0.15) is 29.7 Å². The quantitative estimate of drug-likeness (QED) is 0.282. The van der Waals surface area contributed by atoms with Gasteiger partial charge in [0.15, 0.2) is 12.4 Å². The number of hydrogen-bond donors (Lipinski definition) is 0. The van der Waals surface area contributed by atoms with Gasteiger partial charge in [0.2, 0.25) is 5.78 Å². The fourth-order valence-corrected chi connectivity index (χ4v) is 4.16. The average molecular weight is 475 g/mol. The van der Waals surface area contributed by atoms with Gasteiger partial charge in [-0.15, -0.1) is 0 Å². The van der Waals surface area contributed by atoms with E-state index in [-0.39, 0.29) is 17.7 Å². The molecule has 1 aromatic heterocycles. The molecule has 8 nitrogen and oxygen atoms in total. The Bertz CT molecular complexity index is 1250. The Morgan fingerprint density at radius 3 is 2.40 bits per heavy atom. The molecule has 1 aliphatic heterocycles. The predicted octanol–water partition coefficient (Wildman–Crippen LogP) is 2.34. The first-order valence-corrected chi connectivity index (χ1v) is 11.1. The molecular formula is C27H26N2O6. The SMILES string of the molecule is CCOc1ccc(/C([O-])=C2\C(=O)C(=O)N(Cc3ccc[nH+]c3)C2c2cc(OC)ccc2OC)cc1. The number of aromatic nitrogens is 1. The molecule has 1 unspecified atom stereocenters. The van der Waals surface area contributed by atoms with Crippen molar-refractivity contribution in [1.29, 1.82) is 0 Å². The molecular weight excluding hydrogens is 448 g/mol. The zero-order valence-corrected chi connectivity index (χ0v) is 19.7. The van der Waals surface area contributed by atoms with Crippen molar-refractivity contribution in [2.45, 2.75) is 19.5 Å². The molecule has 1 atom stereocenters. The molecule has 1 amide bonds. The number of likely N-dealkylation sites (tertiary alicyclic amines) is 1. The molecule has 35 heavy (non-hydrogen) atoms. The van der Waals surface area contributed by atoms with Gasteiger partial charge in [-0.1, -0.05) is 17.9 Å². The van der Waals surface area contributed by atoms with Crippen molar-refractivity contribution in [3.05, 3.63) is 89.3 Å². The van der Waals surface area contributed by atoms with Gasteiger partial charge < -0.3 is 24.2 Å². The molecule has 0 saturated carbocycles. The number of methoxy groups -OCH3 is 2. The molecule has 2 aromatic carbocycles. The molecule has 4 rings (SSSR count). The van der Waals surface area contributed by atoms with Crippen molar-refractivity contribution >= 4 is 17.4 Å². The molecule has 2 heterocycles. The van der Waals surface area contributed by atoms with Crippen molar-refractivity contribution in [3.63, 3.8) is 0 Å². The third-order valence-corrected chi connectivity index (χ3v) is 5.81. The maximum absolute atomic E-state index is 13.7. The second-order valence-corrected chi connectivity index (χ2v) is 7.88. The van der Waals surface area contributed by atoms with Crippen molar-refractivity contribution in [1.82, 2.24) is 4.90 Å². The number of ketones is 1. The standard InChI is InChI=1S/C27H26N2O6/c1-4-35-19-9-7-18(8-10-19)25(30)23-24(21-14-20(33-2)11-12-22(21)34-3)29(27(32)26(23)31)16-17-6-5-13-28-15-17/h5-15,24,30H,4,16H2,1-3H3/b25-23+. The first kappa shape index (κ1) is 23.8. The second-order valence-electron chi connectivity index (χ2n) is 7.88. The van der Waals surface area contributed by atoms with E-state index in [9.17, 15) is 14.7 Å². The van der Waals surface area contributed by atoms with Crippen molar-refractivity contribution < 1.29 is 33.9 Å². The molecule has 0 aliphatic carbocycles. The van der Waals surface area contributed by atoms with Gasteiger partial charge in [-0.2, -0.15) is 0 Å². The summed E-state index contributed by atoms with van der Waals surface area (Å²) >= 11 is 0. The molecule has 3 aromatic rings. The lowest BCUT2D eigenvalue weighted by Gasteiger charge is -2.28. The number of benzene rings is 2. The topological polar surface area (TPSA) is 102 Å². The minimum atomic E-state index is -0.959. The van der Waals surface area contributed by atoms with Gasteiger partial charge in [0.1, 0.15) is 17.2 Å². The Balaban J connectivity index is 1.89. The van der Waals surface area contributed by atoms with Crippen LogP contribution in [-0.2, 0) is 16.1 Å². The number of rotatable bonds is 8. The Morgan fingerprint density at radius 2 is 1.77 bits per heavy atom. The molecule has 0 radical (unpaired) electrons. The van der Waals surface area contributed by atoms with Gasteiger partial charge in [-0.05, 0) is 48.9 Å². The smallest absolute Gasteiger partial charge is 0.295 e.